The summed E-state index contributed by atoms with van der Waals surface area (Å²) >= 11 is 1.19. The summed E-state index contributed by atoms with van der Waals surface area (Å²) in [7, 11) is 0. The summed E-state index contributed by atoms with van der Waals surface area (Å²) in [5, 5.41) is 9.13. The zero-order valence-corrected chi connectivity index (χ0v) is 23.1. The molecule has 1 aliphatic rings. The van der Waals surface area contributed by atoms with E-state index in [1.165, 1.54) is 28.0 Å². The maximum Gasteiger partial charge on any atom is 0.338 e. The lowest BCUT2D eigenvalue weighted by molar-refractivity contribution is -0.139. The van der Waals surface area contributed by atoms with Crippen LogP contribution >= 0.6 is 11.3 Å². The Kier molecular flexibility index (Phi) is 7.84. The molecule has 41 heavy (non-hydrogen) atoms. The average molecular weight is 571 g/mol. The van der Waals surface area contributed by atoms with Crippen LogP contribution in [0.2, 0.25) is 0 Å². The van der Waals surface area contributed by atoms with E-state index in [0.717, 1.165) is 0 Å². The Morgan fingerprint density at radius 1 is 1.12 bits per heavy atom. The molecule has 1 N–H and O–H groups in total. The third-order valence-corrected chi connectivity index (χ3v) is 7.38. The number of carbonyl (C=O) groups is 2. The molecule has 3 heterocycles. The summed E-state index contributed by atoms with van der Waals surface area (Å²) in [5.74, 6) is 0.0474. The van der Waals surface area contributed by atoms with E-state index in [4.69, 9.17) is 19.0 Å². The molecular weight excluding hydrogens is 544 g/mol. The predicted octanol–water partition coefficient (Wildman–Crippen LogP) is 4.32. The molecule has 5 rings (SSSR count). The minimum absolute atomic E-state index is 0.174. The maximum atomic E-state index is 13.8. The van der Waals surface area contributed by atoms with Crippen molar-refractivity contribution in [1.82, 2.24) is 4.57 Å². The van der Waals surface area contributed by atoms with Gasteiger partial charge in [-0.25, -0.2) is 14.6 Å². The van der Waals surface area contributed by atoms with E-state index >= 15 is 0 Å². The number of carboxylic acid groups (broad SMARTS) is 1. The second-order valence-corrected chi connectivity index (χ2v) is 10.1. The highest BCUT2D eigenvalue weighted by Crippen LogP contribution is 2.32. The molecule has 0 bridgehead atoms. The van der Waals surface area contributed by atoms with Crippen LogP contribution in [0.25, 0.3) is 17.4 Å². The number of furan rings is 1. The Balaban J connectivity index is 1.57. The maximum absolute atomic E-state index is 13.8. The molecule has 208 valence electrons. The van der Waals surface area contributed by atoms with Crippen LogP contribution in [-0.4, -0.2) is 34.8 Å². The number of benzene rings is 2. The molecular formula is C31H26N2O7S. The molecule has 9 nitrogen and oxygen atoms in total. The first kappa shape index (κ1) is 27.6. The third kappa shape index (κ3) is 5.55. The zero-order valence-electron chi connectivity index (χ0n) is 22.3. The van der Waals surface area contributed by atoms with Gasteiger partial charge in [0.2, 0.25) is 0 Å². The van der Waals surface area contributed by atoms with Gasteiger partial charge in [0, 0.05) is 11.6 Å². The summed E-state index contributed by atoms with van der Waals surface area (Å²) in [5.41, 5.74) is 2.00. The Hall–Kier alpha value is -4.96. The fourth-order valence-electron chi connectivity index (χ4n) is 4.50. The summed E-state index contributed by atoms with van der Waals surface area (Å²) in [4.78, 5) is 43.0. The second-order valence-electron chi connectivity index (χ2n) is 9.06. The van der Waals surface area contributed by atoms with Gasteiger partial charge in [-0.15, -0.1) is 0 Å². The number of aromatic carboxylic acids is 1. The Morgan fingerprint density at radius 2 is 1.85 bits per heavy atom. The number of fused-ring (bicyclic) bond motifs is 1. The van der Waals surface area contributed by atoms with Gasteiger partial charge in [0.1, 0.15) is 23.9 Å². The van der Waals surface area contributed by atoms with E-state index in [0.29, 0.717) is 50.0 Å². The molecule has 0 saturated carbocycles. The van der Waals surface area contributed by atoms with E-state index in [-0.39, 0.29) is 23.3 Å². The van der Waals surface area contributed by atoms with Gasteiger partial charge in [0.15, 0.2) is 4.80 Å². The summed E-state index contributed by atoms with van der Waals surface area (Å²) in [6.07, 6.45) is 3.28. The van der Waals surface area contributed by atoms with Gasteiger partial charge >= 0.3 is 11.9 Å². The highest BCUT2D eigenvalue weighted by Gasteiger charge is 2.33. The van der Waals surface area contributed by atoms with Gasteiger partial charge in [0.25, 0.3) is 5.56 Å². The van der Waals surface area contributed by atoms with Crippen LogP contribution in [0.15, 0.2) is 98.8 Å². The van der Waals surface area contributed by atoms with Crippen LogP contribution in [0.1, 0.15) is 41.6 Å². The lowest BCUT2D eigenvalue weighted by Gasteiger charge is -2.24. The first-order chi connectivity index (χ1) is 19.8. The number of hydrogen-bond donors (Lipinski definition) is 1. The van der Waals surface area contributed by atoms with Gasteiger partial charge in [-0.3, -0.25) is 9.36 Å². The first-order valence-electron chi connectivity index (χ1n) is 12.8. The van der Waals surface area contributed by atoms with Crippen LogP contribution in [0.5, 0.6) is 5.75 Å². The molecule has 2 aromatic carbocycles. The fourth-order valence-corrected chi connectivity index (χ4v) is 5.53. The lowest BCUT2D eigenvalue weighted by atomic mass is 9.96. The van der Waals surface area contributed by atoms with Crippen molar-refractivity contribution in [2.75, 3.05) is 13.2 Å². The van der Waals surface area contributed by atoms with E-state index in [1.807, 2.05) is 12.1 Å². The molecule has 0 spiro atoms. The number of esters is 1. The van der Waals surface area contributed by atoms with Crippen molar-refractivity contribution in [1.29, 1.82) is 0 Å². The van der Waals surface area contributed by atoms with Crippen molar-refractivity contribution in [3.8, 4) is 17.1 Å². The van der Waals surface area contributed by atoms with E-state index in [9.17, 15) is 14.4 Å². The third-order valence-electron chi connectivity index (χ3n) is 6.40. The van der Waals surface area contributed by atoms with Crippen LogP contribution in [0.4, 0.5) is 0 Å². The molecule has 0 saturated heterocycles. The Labute approximate surface area is 238 Å². The standard InChI is InChI=1S/C31H26N2O7S/c1-4-16-39-22-12-10-20(11-13-22)27-26(30(37)38-5-2)18(3)32-31-33(27)28(34)25(41-31)17-23-14-15-24(40-23)19-6-8-21(9-7-19)29(35)36/h4,6-15,17,27H,1,5,16H2,2-3H3,(H,35,36)/t27-/m0/s1. The number of carboxylic acids is 1. The lowest BCUT2D eigenvalue weighted by Crippen LogP contribution is -2.39. The number of rotatable bonds is 9. The SMILES string of the molecule is C=CCOc1ccc([C@H]2C(C(=O)OCC)=C(C)N=c3sc(=Cc4ccc(-c5ccc(C(=O)O)cc5)o4)c(=O)n32)cc1. The summed E-state index contributed by atoms with van der Waals surface area (Å²) in [6, 6.07) is 16.2. The molecule has 0 radical (unpaired) electrons. The zero-order chi connectivity index (χ0) is 29.1. The van der Waals surface area contributed by atoms with E-state index in [2.05, 4.69) is 11.6 Å². The monoisotopic (exact) mass is 570 g/mol. The molecule has 1 aliphatic heterocycles. The van der Waals surface area contributed by atoms with Gasteiger partial charge in [-0.05, 0) is 55.8 Å². The number of carbonyl (C=O) groups excluding carboxylic acids is 1. The quantitative estimate of drug-likeness (QED) is 0.235. The highest BCUT2D eigenvalue weighted by molar-refractivity contribution is 7.07. The number of allylic oxidation sites excluding steroid dienone is 1. The number of hydrogen-bond acceptors (Lipinski definition) is 8. The van der Waals surface area contributed by atoms with Crippen LogP contribution < -0.4 is 19.6 Å². The van der Waals surface area contributed by atoms with Crippen molar-refractivity contribution >= 4 is 29.4 Å². The normalized spacial score (nSPS) is 14.8. The van der Waals surface area contributed by atoms with Gasteiger partial charge < -0.3 is 19.0 Å². The summed E-state index contributed by atoms with van der Waals surface area (Å²) < 4.78 is 18.8. The summed E-state index contributed by atoms with van der Waals surface area (Å²) in [6.45, 7) is 7.64. The minimum atomic E-state index is -1.01. The van der Waals surface area contributed by atoms with Crippen molar-refractivity contribution in [3.63, 3.8) is 0 Å². The molecule has 4 aromatic rings. The number of ether oxygens (including phenoxy) is 2. The minimum Gasteiger partial charge on any atom is -0.490 e. The predicted molar refractivity (Wildman–Crippen MR) is 154 cm³/mol. The molecule has 0 aliphatic carbocycles. The first-order valence-corrected chi connectivity index (χ1v) is 13.6. The number of nitrogens with zero attached hydrogens (tertiary/aromatic N) is 2. The van der Waals surface area contributed by atoms with Gasteiger partial charge in [0.05, 0.1) is 34.0 Å². The van der Waals surface area contributed by atoms with E-state index < -0.39 is 18.0 Å². The van der Waals surface area contributed by atoms with Gasteiger partial charge in [-0.1, -0.05) is 48.3 Å². The molecule has 1 atom stereocenters. The fraction of sp³-hybridized carbons (Fsp3) is 0.161. The molecule has 10 heteroatoms. The van der Waals surface area contributed by atoms with Crippen molar-refractivity contribution < 1.29 is 28.6 Å². The van der Waals surface area contributed by atoms with Crippen LogP contribution in [-0.2, 0) is 9.53 Å². The molecule has 2 aromatic heterocycles. The number of thiazole rings is 1. The van der Waals surface area contributed by atoms with Crippen molar-refractivity contribution in [2.24, 2.45) is 4.99 Å². The molecule has 0 amide bonds. The van der Waals surface area contributed by atoms with Crippen molar-refractivity contribution in [2.45, 2.75) is 19.9 Å². The Morgan fingerprint density at radius 3 is 2.51 bits per heavy atom. The largest absolute Gasteiger partial charge is 0.490 e. The second kappa shape index (κ2) is 11.6. The van der Waals surface area contributed by atoms with Crippen LogP contribution in [0, 0.1) is 0 Å². The van der Waals surface area contributed by atoms with Crippen molar-refractivity contribution in [3.05, 3.63) is 121 Å². The molecule has 0 fully saturated rings. The van der Waals surface area contributed by atoms with Gasteiger partial charge in [-0.2, -0.15) is 0 Å². The van der Waals surface area contributed by atoms with E-state index in [1.54, 1.807) is 62.4 Å². The smallest absolute Gasteiger partial charge is 0.338 e. The number of aromatic nitrogens is 1. The highest BCUT2D eigenvalue weighted by atomic mass is 32.1. The average Bonchev–Trinajstić information content (AvgIpc) is 3.55. The van der Waals surface area contributed by atoms with Crippen LogP contribution in [0.3, 0.4) is 0 Å². The topological polar surface area (TPSA) is 120 Å². The Bertz CT molecular complexity index is 1840. The molecule has 0 unspecified atom stereocenters.